The van der Waals surface area contributed by atoms with Gasteiger partial charge in [-0.3, -0.25) is 9.59 Å². The molecular weight excluding hydrogens is 281 g/mol. The molecule has 1 unspecified atom stereocenters. The standard InChI is InChI=1S/C11H9F3N2O4/c12-4-1-5(13)9(6(14)2-4)10(18)16-7(11(19)20)3-8(15)17/h1-2,7H,3H2,(H2,15,17)(H,16,18)(H,19,20). The van der Waals surface area contributed by atoms with E-state index in [1.807, 2.05) is 0 Å². The van der Waals surface area contributed by atoms with Gasteiger partial charge in [0, 0.05) is 12.1 Å². The van der Waals surface area contributed by atoms with Gasteiger partial charge in [0.25, 0.3) is 5.91 Å². The maximum absolute atomic E-state index is 13.3. The first-order valence-corrected chi connectivity index (χ1v) is 5.19. The molecule has 1 aromatic carbocycles. The van der Waals surface area contributed by atoms with E-state index in [4.69, 9.17) is 10.8 Å². The van der Waals surface area contributed by atoms with Crippen LogP contribution in [-0.2, 0) is 9.59 Å². The molecule has 0 fully saturated rings. The quantitative estimate of drug-likeness (QED) is 0.717. The van der Waals surface area contributed by atoms with Crippen LogP contribution in [-0.4, -0.2) is 28.9 Å². The molecule has 0 aliphatic heterocycles. The summed E-state index contributed by atoms with van der Waals surface area (Å²) in [6, 6.07) is -1.21. The number of nitrogens with two attached hydrogens (primary N) is 1. The van der Waals surface area contributed by atoms with E-state index in [1.165, 1.54) is 0 Å². The molecule has 0 saturated heterocycles. The SMILES string of the molecule is NC(=O)CC(NC(=O)c1c(F)cc(F)cc1F)C(=O)O. The molecule has 20 heavy (non-hydrogen) atoms. The number of hydrogen-bond donors (Lipinski definition) is 3. The second-order valence-electron chi connectivity index (χ2n) is 3.78. The summed E-state index contributed by atoms with van der Waals surface area (Å²) in [5, 5.41) is 10.5. The molecular formula is C11H9F3N2O4. The Hall–Kier alpha value is -2.58. The lowest BCUT2D eigenvalue weighted by Gasteiger charge is -2.13. The number of rotatable bonds is 5. The van der Waals surface area contributed by atoms with Gasteiger partial charge in [-0.1, -0.05) is 0 Å². The van der Waals surface area contributed by atoms with Gasteiger partial charge in [-0.05, 0) is 0 Å². The highest BCUT2D eigenvalue weighted by molar-refractivity contribution is 5.98. The largest absolute Gasteiger partial charge is 0.480 e. The lowest BCUT2D eigenvalue weighted by Crippen LogP contribution is -2.43. The third kappa shape index (κ3) is 3.70. The van der Waals surface area contributed by atoms with Gasteiger partial charge in [0.05, 0.1) is 6.42 Å². The van der Waals surface area contributed by atoms with E-state index in [0.717, 1.165) is 0 Å². The van der Waals surface area contributed by atoms with Crippen molar-refractivity contribution in [2.24, 2.45) is 5.73 Å². The number of primary amides is 1. The van der Waals surface area contributed by atoms with Crippen molar-refractivity contribution in [1.29, 1.82) is 0 Å². The van der Waals surface area contributed by atoms with E-state index in [9.17, 15) is 27.6 Å². The van der Waals surface area contributed by atoms with Gasteiger partial charge in [0.15, 0.2) is 0 Å². The molecule has 0 spiro atoms. The van der Waals surface area contributed by atoms with Crippen LogP contribution in [0.2, 0.25) is 0 Å². The molecule has 1 rings (SSSR count). The minimum absolute atomic E-state index is 0.266. The van der Waals surface area contributed by atoms with Crippen LogP contribution in [0.4, 0.5) is 13.2 Å². The number of carbonyl (C=O) groups excluding carboxylic acids is 2. The highest BCUT2D eigenvalue weighted by Gasteiger charge is 2.26. The Morgan fingerprint density at radius 1 is 1.20 bits per heavy atom. The number of nitrogens with one attached hydrogen (secondary N) is 1. The van der Waals surface area contributed by atoms with Crippen LogP contribution in [0, 0.1) is 17.5 Å². The van der Waals surface area contributed by atoms with Gasteiger partial charge in [0.2, 0.25) is 5.91 Å². The van der Waals surface area contributed by atoms with Gasteiger partial charge in [-0.25, -0.2) is 18.0 Å². The molecule has 0 aromatic heterocycles. The second-order valence-corrected chi connectivity index (χ2v) is 3.78. The van der Waals surface area contributed by atoms with Gasteiger partial charge in [0.1, 0.15) is 29.1 Å². The summed E-state index contributed by atoms with van der Waals surface area (Å²) in [5.41, 5.74) is 3.62. The first-order chi connectivity index (χ1) is 9.22. The number of halogens is 3. The van der Waals surface area contributed by atoms with Crippen LogP contribution in [0.5, 0.6) is 0 Å². The van der Waals surface area contributed by atoms with Crippen molar-refractivity contribution in [3.05, 3.63) is 35.1 Å². The molecule has 0 saturated carbocycles. The third-order valence-corrected chi connectivity index (χ3v) is 2.24. The Labute approximate surface area is 110 Å². The molecule has 0 heterocycles. The average molecular weight is 290 g/mol. The first-order valence-electron chi connectivity index (χ1n) is 5.19. The van der Waals surface area contributed by atoms with Gasteiger partial charge in [-0.15, -0.1) is 0 Å². The van der Waals surface area contributed by atoms with Crippen molar-refractivity contribution in [2.45, 2.75) is 12.5 Å². The number of carboxylic acids is 1. The molecule has 0 radical (unpaired) electrons. The monoisotopic (exact) mass is 290 g/mol. The maximum atomic E-state index is 13.3. The molecule has 108 valence electrons. The van der Waals surface area contributed by atoms with Gasteiger partial charge >= 0.3 is 5.97 Å². The minimum Gasteiger partial charge on any atom is -0.480 e. The summed E-state index contributed by atoms with van der Waals surface area (Å²) >= 11 is 0. The smallest absolute Gasteiger partial charge is 0.326 e. The Kier molecular flexibility index (Phi) is 4.68. The van der Waals surface area contributed by atoms with E-state index >= 15 is 0 Å². The summed E-state index contributed by atoms with van der Waals surface area (Å²) in [6.07, 6.45) is -0.758. The fourth-order valence-corrected chi connectivity index (χ4v) is 1.39. The predicted octanol–water partition coefficient (Wildman–Crippen LogP) is 0.162. The molecule has 6 nitrogen and oxygen atoms in total. The number of benzene rings is 1. The fourth-order valence-electron chi connectivity index (χ4n) is 1.39. The topological polar surface area (TPSA) is 109 Å². The molecule has 9 heteroatoms. The van der Waals surface area contributed by atoms with Crippen LogP contribution in [0.1, 0.15) is 16.8 Å². The fraction of sp³-hybridized carbons (Fsp3) is 0.182. The van der Waals surface area contributed by atoms with Crippen LogP contribution in [0.25, 0.3) is 0 Å². The minimum atomic E-state index is -1.75. The van der Waals surface area contributed by atoms with Crippen molar-refractivity contribution >= 4 is 17.8 Å². The number of carbonyl (C=O) groups is 3. The van der Waals surface area contributed by atoms with Crippen LogP contribution >= 0.6 is 0 Å². The number of hydrogen-bond acceptors (Lipinski definition) is 3. The van der Waals surface area contributed by atoms with Crippen molar-refractivity contribution in [3.63, 3.8) is 0 Å². The zero-order valence-corrected chi connectivity index (χ0v) is 9.82. The summed E-state index contributed by atoms with van der Waals surface area (Å²) < 4.78 is 39.3. The molecule has 0 aliphatic rings. The summed E-state index contributed by atoms with van der Waals surface area (Å²) in [7, 11) is 0. The van der Waals surface area contributed by atoms with Crippen molar-refractivity contribution in [3.8, 4) is 0 Å². The Balaban J connectivity index is 3.01. The van der Waals surface area contributed by atoms with Crippen LogP contribution < -0.4 is 11.1 Å². The second kappa shape index (κ2) is 6.04. The normalized spacial score (nSPS) is 11.8. The van der Waals surface area contributed by atoms with Crippen molar-refractivity contribution < 1.29 is 32.7 Å². The van der Waals surface area contributed by atoms with Crippen LogP contribution in [0.15, 0.2) is 12.1 Å². The molecule has 1 atom stereocenters. The lowest BCUT2D eigenvalue weighted by atomic mass is 10.1. The predicted molar refractivity (Wildman–Crippen MR) is 59.0 cm³/mol. The number of aliphatic carboxylic acids is 1. The van der Waals surface area contributed by atoms with E-state index in [2.05, 4.69) is 0 Å². The van der Waals surface area contributed by atoms with E-state index in [-0.39, 0.29) is 12.1 Å². The zero-order chi connectivity index (χ0) is 15.4. The van der Waals surface area contributed by atoms with Crippen LogP contribution in [0.3, 0.4) is 0 Å². The maximum Gasteiger partial charge on any atom is 0.326 e. The molecule has 0 aliphatic carbocycles. The molecule has 4 N–H and O–H groups in total. The summed E-state index contributed by atoms with van der Waals surface area (Å²) in [5.74, 6) is -8.30. The highest BCUT2D eigenvalue weighted by Crippen LogP contribution is 2.15. The number of amides is 2. The highest BCUT2D eigenvalue weighted by atomic mass is 19.1. The zero-order valence-electron chi connectivity index (χ0n) is 9.82. The average Bonchev–Trinajstić information content (AvgIpc) is 2.25. The van der Waals surface area contributed by atoms with E-state index in [0.29, 0.717) is 0 Å². The number of carboxylic acid groups (broad SMARTS) is 1. The summed E-state index contributed by atoms with van der Waals surface area (Å²) in [4.78, 5) is 32.9. The van der Waals surface area contributed by atoms with E-state index in [1.54, 1.807) is 5.32 Å². The molecule has 0 bridgehead atoms. The molecule has 2 amide bonds. The summed E-state index contributed by atoms with van der Waals surface area (Å²) in [6.45, 7) is 0. The Morgan fingerprint density at radius 3 is 2.10 bits per heavy atom. The third-order valence-electron chi connectivity index (χ3n) is 2.24. The van der Waals surface area contributed by atoms with Crippen molar-refractivity contribution in [1.82, 2.24) is 5.32 Å². The Morgan fingerprint density at radius 2 is 1.70 bits per heavy atom. The van der Waals surface area contributed by atoms with E-state index < -0.39 is 53.3 Å². The Bertz CT molecular complexity index is 554. The van der Waals surface area contributed by atoms with Gasteiger partial charge in [-0.2, -0.15) is 0 Å². The first kappa shape index (κ1) is 15.5. The molecule has 1 aromatic rings. The van der Waals surface area contributed by atoms with Gasteiger partial charge < -0.3 is 16.2 Å². The van der Waals surface area contributed by atoms with Crippen molar-refractivity contribution in [2.75, 3.05) is 0 Å². The lowest BCUT2D eigenvalue weighted by molar-refractivity contribution is -0.140.